The second kappa shape index (κ2) is 8.86. The molecule has 0 aliphatic carbocycles. The van der Waals surface area contributed by atoms with Crippen LogP contribution < -0.4 is 14.4 Å². The van der Waals surface area contributed by atoms with Crippen LogP contribution in [0.25, 0.3) is 0 Å². The van der Waals surface area contributed by atoms with E-state index in [2.05, 4.69) is 0 Å². The Balaban J connectivity index is 1.95. The van der Waals surface area contributed by atoms with Crippen LogP contribution in [0.4, 0.5) is 18.9 Å². The summed E-state index contributed by atoms with van der Waals surface area (Å²) < 4.78 is 70.3. The van der Waals surface area contributed by atoms with E-state index in [9.17, 15) is 21.6 Å². The van der Waals surface area contributed by atoms with Crippen LogP contribution in [0.3, 0.4) is 0 Å². The first-order chi connectivity index (χ1) is 14.6. The molecular weight excluding hydrogens is 429 g/mol. The molecule has 1 aliphatic heterocycles. The summed E-state index contributed by atoms with van der Waals surface area (Å²) in [5.41, 5.74) is 6.14. The molecule has 0 spiro atoms. The van der Waals surface area contributed by atoms with Crippen molar-refractivity contribution in [2.24, 2.45) is 5.73 Å². The molecule has 1 aliphatic rings. The second-order valence-corrected chi connectivity index (χ2v) is 9.42. The van der Waals surface area contributed by atoms with Crippen LogP contribution >= 0.6 is 0 Å². The average Bonchev–Trinajstić information content (AvgIpc) is 2.73. The van der Waals surface area contributed by atoms with Gasteiger partial charge in [-0.2, -0.15) is 25.5 Å². The molecule has 31 heavy (non-hydrogen) atoms. The van der Waals surface area contributed by atoms with E-state index in [1.54, 1.807) is 43.5 Å². The fraction of sp³-hybridized carbons (Fsp3) is 0.273. The summed E-state index contributed by atoms with van der Waals surface area (Å²) in [5, 5.41) is 0. The van der Waals surface area contributed by atoms with Crippen LogP contribution in [-0.2, 0) is 16.2 Å². The Kier molecular flexibility index (Phi) is 6.59. The third kappa shape index (κ3) is 4.84. The Morgan fingerprint density at radius 2 is 1.81 bits per heavy atom. The molecule has 0 aromatic heterocycles. The average molecular weight is 454 g/mol. The first kappa shape index (κ1) is 23.1. The lowest BCUT2D eigenvalue weighted by molar-refractivity contribution is -0.137. The quantitative estimate of drug-likeness (QED) is 0.602. The molecule has 1 unspecified atom stereocenters. The molecule has 3 rings (SSSR count). The van der Waals surface area contributed by atoms with Gasteiger partial charge in [-0.3, -0.25) is 0 Å². The van der Waals surface area contributed by atoms with Crippen LogP contribution in [-0.4, -0.2) is 27.3 Å². The van der Waals surface area contributed by atoms with Gasteiger partial charge in [-0.05, 0) is 42.8 Å². The number of alkyl halides is 3. The highest BCUT2D eigenvalue weighted by atomic mass is 32.2. The Labute approximate surface area is 179 Å². The number of benzene rings is 2. The zero-order valence-electron chi connectivity index (χ0n) is 17.0. The number of ether oxygens (including phenoxy) is 1. The lowest BCUT2D eigenvalue weighted by Crippen LogP contribution is -2.52. The minimum atomic E-state index is -4.47. The van der Waals surface area contributed by atoms with E-state index in [4.69, 9.17) is 10.5 Å². The van der Waals surface area contributed by atoms with Gasteiger partial charge in [0, 0.05) is 24.3 Å². The van der Waals surface area contributed by atoms with Crippen LogP contribution in [0.5, 0.6) is 11.5 Å². The number of rotatable bonds is 7. The minimum Gasteiger partial charge on any atom is -0.457 e. The first-order valence-corrected chi connectivity index (χ1v) is 11.4. The van der Waals surface area contributed by atoms with Gasteiger partial charge in [0.05, 0.1) is 5.56 Å². The summed E-state index contributed by atoms with van der Waals surface area (Å²) in [7, 11) is -3.60. The summed E-state index contributed by atoms with van der Waals surface area (Å²) in [6.07, 6.45) is 1.23. The van der Waals surface area contributed by atoms with Crippen molar-refractivity contribution in [3.8, 4) is 11.5 Å². The fourth-order valence-corrected chi connectivity index (χ4v) is 5.33. The van der Waals surface area contributed by atoms with Crippen LogP contribution in [0.15, 0.2) is 72.5 Å². The zero-order chi connectivity index (χ0) is 22.7. The van der Waals surface area contributed by atoms with E-state index >= 15 is 0 Å². The molecule has 5 nitrogen and oxygen atoms in total. The van der Waals surface area contributed by atoms with Crippen LogP contribution in [0.2, 0.25) is 0 Å². The summed E-state index contributed by atoms with van der Waals surface area (Å²) in [5.74, 6) is 0.332. The molecule has 1 atom stereocenters. The predicted octanol–water partition coefficient (Wildman–Crippen LogP) is 4.96. The predicted molar refractivity (Wildman–Crippen MR) is 115 cm³/mol. The first-order valence-electron chi connectivity index (χ1n) is 9.76. The Hall–Kier alpha value is -2.62. The van der Waals surface area contributed by atoms with Crippen molar-refractivity contribution >= 4 is 15.7 Å². The van der Waals surface area contributed by atoms with Crippen molar-refractivity contribution in [3.63, 3.8) is 0 Å². The van der Waals surface area contributed by atoms with Crippen molar-refractivity contribution in [2.45, 2.75) is 19.5 Å². The normalized spacial score (nSPS) is 19.2. The standard InChI is InChI=1S/C22H24F3N2O3S/c1-2-13-31(28,29)27(12-4-5-17(15-26)16-27)19-8-10-20(11-9-19)30-21-7-3-6-18(14-21)22(23,24)25/h3-11,14,16H,2,12-13,15,26H2,1H3/q+1. The maximum atomic E-state index is 13.2. The van der Waals surface area contributed by atoms with E-state index < -0.39 is 25.7 Å². The van der Waals surface area contributed by atoms with Crippen molar-refractivity contribution in [1.82, 2.24) is 3.89 Å². The van der Waals surface area contributed by atoms with Crippen molar-refractivity contribution < 1.29 is 26.3 Å². The van der Waals surface area contributed by atoms with E-state index in [1.807, 2.05) is 6.08 Å². The Morgan fingerprint density at radius 1 is 1.10 bits per heavy atom. The van der Waals surface area contributed by atoms with E-state index in [0.717, 1.165) is 12.1 Å². The molecule has 1 heterocycles. The molecule has 0 fully saturated rings. The van der Waals surface area contributed by atoms with E-state index in [0.29, 0.717) is 23.4 Å². The summed E-state index contributed by atoms with van der Waals surface area (Å²) in [4.78, 5) is 0. The molecule has 0 saturated heterocycles. The fourth-order valence-electron chi connectivity index (χ4n) is 3.44. The van der Waals surface area contributed by atoms with Crippen molar-refractivity contribution in [3.05, 3.63) is 78.0 Å². The summed E-state index contributed by atoms with van der Waals surface area (Å²) in [6.45, 7) is 2.22. The van der Waals surface area contributed by atoms with Gasteiger partial charge in [-0.25, -0.2) is 0 Å². The molecular formula is C22H24F3N2O3S+. The number of hydrogen-bond donors (Lipinski definition) is 1. The lowest BCUT2D eigenvalue weighted by atomic mass is 10.2. The molecule has 0 bridgehead atoms. The van der Waals surface area contributed by atoms with E-state index in [-0.39, 0.29) is 24.6 Å². The number of hydrogen-bond acceptors (Lipinski definition) is 4. The molecule has 0 radical (unpaired) electrons. The van der Waals surface area contributed by atoms with Crippen molar-refractivity contribution in [2.75, 3.05) is 18.8 Å². The highest BCUT2D eigenvalue weighted by Gasteiger charge is 2.42. The largest absolute Gasteiger partial charge is 0.457 e. The molecule has 2 aromatic rings. The molecule has 9 heteroatoms. The van der Waals surface area contributed by atoms with Gasteiger partial charge in [0.1, 0.15) is 30.0 Å². The molecule has 0 saturated carbocycles. The number of nitrogens with zero attached hydrogens (tertiary/aromatic N) is 1. The monoisotopic (exact) mass is 453 g/mol. The highest BCUT2D eigenvalue weighted by molar-refractivity contribution is 7.91. The molecule has 0 amide bonds. The third-order valence-electron chi connectivity index (χ3n) is 4.95. The van der Waals surface area contributed by atoms with Gasteiger partial charge in [0.25, 0.3) is 0 Å². The second-order valence-electron chi connectivity index (χ2n) is 7.20. The van der Waals surface area contributed by atoms with Crippen LogP contribution in [0, 0.1) is 0 Å². The van der Waals surface area contributed by atoms with Crippen molar-refractivity contribution in [1.29, 1.82) is 0 Å². The summed E-state index contributed by atoms with van der Waals surface area (Å²) >= 11 is 0. The number of halogens is 3. The SMILES string of the molecule is CCCS(=O)(=O)[N+]1(c2ccc(Oc3cccc(C(F)(F)F)c3)cc2)C=C(CN)C=CC1. The number of nitrogens with two attached hydrogens (primary N) is 1. The highest BCUT2D eigenvalue weighted by Crippen LogP contribution is 2.36. The number of quaternary nitrogens is 1. The zero-order valence-corrected chi connectivity index (χ0v) is 17.8. The van der Waals surface area contributed by atoms with Crippen LogP contribution in [0.1, 0.15) is 18.9 Å². The maximum Gasteiger partial charge on any atom is 0.416 e. The van der Waals surface area contributed by atoms with Gasteiger partial charge < -0.3 is 10.5 Å². The molecule has 166 valence electrons. The van der Waals surface area contributed by atoms with Gasteiger partial charge in [-0.15, -0.1) is 0 Å². The smallest absolute Gasteiger partial charge is 0.416 e. The lowest BCUT2D eigenvalue weighted by Gasteiger charge is -2.34. The van der Waals surface area contributed by atoms with Gasteiger partial charge in [0.2, 0.25) is 0 Å². The molecule has 2 aromatic carbocycles. The Morgan fingerprint density at radius 3 is 2.42 bits per heavy atom. The summed E-state index contributed by atoms with van der Waals surface area (Å²) in [6, 6.07) is 10.9. The third-order valence-corrected chi connectivity index (χ3v) is 7.33. The maximum absolute atomic E-state index is 13.2. The van der Waals surface area contributed by atoms with Gasteiger partial charge in [-0.1, -0.05) is 19.1 Å². The Bertz CT molecular complexity index is 1090. The number of sulfonamides is 1. The topological polar surface area (TPSA) is 69.4 Å². The van der Waals surface area contributed by atoms with Gasteiger partial charge >= 0.3 is 16.2 Å². The van der Waals surface area contributed by atoms with E-state index in [1.165, 1.54) is 12.1 Å². The van der Waals surface area contributed by atoms with Gasteiger partial charge in [0.15, 0.2) is 5.69 Å². The molecule has 2 N–H and O–H groups in total. The minimum absolute atomic E-state index is 0.00230.